The summed E-state index contributed by atoms with van der Waals surface area (Å²) in [6, 6.07) is 4.58. The van der Waals surface area contributed by atoms with Crippen LogP contribution in [0.2, 0.25) is 0 Å². The van der Waals surface area contributed by atoms with E-state index in [1.165, 1.54) is 18.4 Å². The summed E-state index contributed by atoms with van der Waals surface area (Å²) in [5.74, 6) is 1.11. The fourth-order valence-corrected chi connectivity index (χ4v) is 2.79. The molecule has 2 N–H and O–H groups in total. The van der Waals surface area contributed by atoms with Gasteiger partial charge in [0.15, 0.2) is 0 Å². The summed E-state index contributed by atoms with van der Waals surface area (Å²) in [5, 5.41) is 0. The van der Waals surface area contributed by atoms with Gasteiger partial charge in [-0.1, -0.05) is 26.8 Å². The summed E-state index contributed by atoms with van der Waals surface area (Å²) in [6.45, 7) is 9.04. The monoisotopic (exact) mass is 261 g/mol. The zero-order chi connectivity index (χ0) is 13.9. The first-order chi connectivity index (χ1) is 9.00. The number of nitrogens with zero attached hydrogens (tertiary/aromatic N) is 2. The molecule has 1 fully saturated rings. The van der Waals surface area contributed by atoms with Crippen LogP contribution in [0.3, 0.4) is 0 Å². The van der Waals surface area contributed by atoms with Gasteiger partial charge in [-0.15, -0.1) is 0 Å². The zero-order valence-electron chi connectivity index (χ0n) is 12.5. The van der Waals surface area contributed by atoms with Crippen LogP contribution < -0.4 is 10.6 Å². The minimum absolute atomic E-state index is 0.251. The van der Waals surface area contributed by atoms with Crippen molar-refractivity contribution < 1.29 is 0 Å². The third-order valence-corrected chi connectivity index (χ3v) is 4.06. The molecule has 3 heteroatoms. The Labute approximate surface area is 117 Å². The second-order valence-electron chi connectivity index (χ2n) is 6.59. The lowest BCUT2D eigenvalue weighted by Crippen LogP contribution is -2.40. The predicted molar refractivity (Wildman–Crippen MR) is 81.4 cm³/mol. The van der Waals surface area contributed by atoms with Gasteiger partial charge in [0, 0.05) is 25.3 Å². The van der Waals surface area contributed by atoms with Gasteiger partial charge in [-0.2, -0.15) is 0 Å². The summed E-state index contributed by atoms with van der Waals surface area (Å²) in [4.78, 5) is 7.04. The zero-order valence-corrected chi connectivity index (χ0v) is 12.5. The quantitative estimate of drug-likeness (QED) is 0.906. The molecule has 0 radical (unpaired) electrons. The van der Waals surface area contributed by atoms with Crippen LogP contribution in [0.25, 0.3) is 0 Å². The third kappa shape index (κ3) is 3.93. The minimum atomic E-state index is 0.251. The number of hydrogen-bond donors (Lipinski definition) is 1. The lowest BCUT2D eigenvalue weighted by molar-refractivity contribution is 0.292. The van der Waals surface area contributed by atoms with Crippen LogP contribution in [0.15, 0.2) is 18.3 Å². The van der Waals surface area contributed by atoms with E-state index < -0.39 is 0 Å². The maximum Gasteiger partial charge on any atom is 0.128 e. The van der Waals surface area contributed by atoms with E-state index in [9.17, 15) is 0 Å². The first-order valence-corrected chi connectivity index (χ1v) is 7.45. The van der Waals surface area contributed by atoms with Gasteiger partial charge >= 0.3 is 0 Å². The predicted octanol–water partition coefficient (Wildman–Crippen LogP) is 2.99. The summed E-state index contributed by atoms with van der Waals surface area (Å²) in [6.07, 6.45) is 6.51. The molecule has 19 heavy (non-hydrogen) atoms. The van der Waals surface area contributed by atoms with E-state index in [-0.39, 0.29) is 6.04 Å². The smallest absolute Gasteiger partial charge is 0.128 e. The Morgan fingerprint density at radius 2 is 2.21 bits per heavy atom. The van der Waals surface area contributed by atoms with E-state index in [4.69, 9.17) is 5.73 Å². The second-order valence-corrected chi connectivity index (χ2v) is 6.59. The molecule has 0 aromatic carbocycles. The molecule has 106 valence electrons. The maximum atomic E-state index is 5.98. The first kappa shape index (κ1) is 14.3. The summed E-state index contributed by atoms with van der Waals surface area (Å²) in [5.41, 5.74) is 7.63. The van der Waals surface area contributed by atoms with Crippen LogP contribution in [0.5, 0.6) is 0 Å². The average Bonchev–Trinajstić information content (AvgIpc) is 2.38. The van der Waals surface area contributed by atoms with E-state index in [0.29, 0.717) is 5.41 Å². The molecule has 1 atom stereocenters. The number of aromatic nitrogens is 1. The molecule has 1 unspecified atom stereocenters. The molecule has 0 spiro atoms. The van der Waals surface area contributed by atoms with Gasteiger partial charge in [-0.05, 0) is 42.7 Å². The van der Waals surface area contributed by atoms with Crippen molar-refractivity contribution in [2.24, 2.45) is 11.1 Å². The van der Waals surface area contributed by atoms with Crippen LogP contribution in [-0.4, -0.2) is 24.1 Å². The van der Waals surface area contributed by atoms with Gasteiger partial charge in [-0.3, -0.25) is 0 Å². The Balaban J connectivity index is 2.02. The molecule has 1 aromatic rings. The number of piperidine rings is 1. The number of rotatable bonds is 4. The highest BCUT2D eigenvalue weighted by molar-refractivity contribution is 5.40. The summed E-state index contributed by atoms with van der Waals surface area (Å²) >= 11 is 0. The average molecular weight is 261 g/mol. The lowest BCUT2D eigenvalue weighted by atomic mass is 9.84. The van der Waals surface area contributed by atoms with Crippen molar-refractivity contribution in [3.63, 3.8) is 0 Å². The standard InChI is InChI=1S/C16H27N3/c1-4-14(17)10-13-6-7-15(18-11-13)19-9-5-8-16(2,3)12-19/h6-7,11,14H,4-5,8-10,12,17H2,1-3H3. The second kappa shape index (κ2) is 5.91. The summed E-state index contributed by atoms with van der Waals surface area (Å²) in [7, 11) is 0. The molecular weight excluding hydrogens is 234 g/mol. The molecule has 1 aromatic heterocycles. The van der Waals surface area contributed by atoms with Crippen LogP contribution in [0.1, 0.15) is 45.6 Å². The number of pyridine rings is 1. The Hall–Kier alpha value is -1.09. The minimum Gasteiger partial charge on any atom is -0.356 e. The molecule has 1 aliphatic rings. The topological polar surface area (TPSA) is 42.1 Å². The Morgan fingerprint density at radius 1 is 1.42 bits per heavy atom. The maximum absolute atomic E-state index is 5.98. The van der Waals surface area contributed by atoms with E-state index in [1.54, 1.807) is 0 Å². The molecule has 0 aliphatic carbocycles. The van der Waals surface area contributed by atoms with Crippen molar-refractivity contribution in [2.75, 3.05) is 18.0 Å². The van der Waals surface area contributed by atoms with Gasteiger partial charge in [0.05, 0.1) is 0 Å². The Kier molecular flexibility index (Phi) is 4.46. The SMILES string of the molecule is CCC(N)Cc1ccc(N2CCCC(C)(C)C2)nc1. The summed E-state index contributed by atoms with van der Waals surface area (Å²) < 4.78 is 0. The van der Waals surface area contributed by atoms with Gasteiger partial charge in [0.1, 0.15) is 5.82 Å². The van der Waals surface area contributed by atoms with Crippen molar-refractivity contribution in [1.29, 1.82) is 0 Å². The third-order valence-electron chi connectivity index (χ3n) is 4.06. The van der Waals surface area contributed by atoms with Gasteiger partial charge < -0.3 is 10.6 Å². The molecule has 0 saturated carbocycles. The van der Waals surface area contributed by atoms with E-state index >= 15 is 0 Å². The molecule has 1 aliphatic heterocycles. The van der Waals surface area contributed by atoms with Crippen LogP contribution in [0, 0.1) is 5.41 Å². The van der Waals surface area contributed by atoms with E-state index in [2.05, 4.69) is 42.8 Å². The highest BCUT2D eigenvalue weighted by Crippen LogP contribution is 2.30. The number of nitrogens with two attached hydrogens (primary N) is 1. The van der Waals surface area contributed by atoms with Crippen LogP contribution in [-0.2, 0) is 6.42 Å². The highest BCUT2D eigenvalue weighted by Gasteiger charge is 2.26. The van der Waals surface area contributed by atoms with Crippen LogP contribution in [0.4, 0.5) is 5.82 Å². The molecule has 2 rings (SSSR count). The van der Waals surface area contributed by atoms with Crippen molar-refractivity contribution in [2.45, 2.75) is 52.5 Å². The largest absolute Gasteiger partial charge is 0.356 e. The first-order valence-electron chi connectivity index (χ1n) is 7.45. The van der Waals surface area contributed by atoms with Gasteiger partial charge in [0.25, 0.3) is 0 Å². The van der Waals surface area contributed by atoms with E-state index in [1.807, 2.05) is 6.20 Å². The Bertz CT molecular complexity index is 397. The normalized spacial score (nSPS) is 20.3. The molecule has 0 amide bonds. The number of anilines is 1. The molecule has 2 heterocycles. The Morgan fingerprint density at radius 3 is 2.79 bits per heavy atom. The van der Waals surface area contributed by atoms with Gasteiger partial charge in [0.2, 0.25) is 0 Å². The number of hydrogen-bond acceptors (Lipinski definition) is 3. The van der Waals surface area contributed by atoms with Crippen LogP contribution >= 0.6 is 0 Å². The fourth-order valence-electron chi connectivity index (χ4n) is 2.79. The van der Waals surface area contributed by atoms with Crippen molar-refractivity contribution in [3.8, 4) is 0 Å². The molecular formula is C16H27N3. The highest BCUT2D eigenvalue weighted by atomic mass is 15.2. The van der Waals surface area contributed by atoms with Crippen molar-refractivity contribution in [3.05, 3.63) is 23.9 Å². The fraction of sp³-hybridized carbons (Fsp3) is 0.688. The van der Waals surface area contributed by atoms with Gasteiger partial charge in [-0.25, -0.2) is 4.98 Å². The van der Waals surface area contributed by atoms with Crippen molar-refractivity contribution in [1.82, 2.24) is 4.98 Å². The van der Waals surface area contributed by atoms with Crippen molar-refractivity contribution >= 4 is 5.82 Å². The molecule has 3 nitrogen and oxygen atoms in total. The lowest BCUT2D eigenvalue weighted by Gasteiger charge is -2.38. The van der Waals surface area contributed by atoms with E-state index in [0.717, 1.165) is 31.7 Å². The molecule has 0 bridgehead atoms. The molecule has 1 saturated heterocycles.